The van der Waals surface area contributed by atoms with Crippen molar-refractivity contribution >= 4 is 21.4 Å². The zero-order chi connectivity index (χ0) is 33.7. The molecule has 0 radical (unpaired) electrons. The van der Waals surface area contributed by atoms with Gasteiger partial charge in [0.15, 0.2) is 16.5 Å². The number of rotatable bonds is 12. The molecule has 4 rings (SSSR count). The second kappa shape index (κ2) is 14.4. The Bertz CT molecular complexity index is 1570. The lowest BCUT2D eigenvalue weighted by Gasteiger charge is -2.41. The summed E-state index contributed by atoms with van der Waals surface area (Å²) in [5.41, 5.74) is 1.07. The Kier molecular flexibility index (Phi) is 11.1. The number of halogens is 6. The highest BCUT2D eigenvalue weighted by Crippen LogP contribution is 2.36. The molecule has 1 heterocycles. The smallest absolute Gasteiger partial charge is 0.394 e. The topological polar surface area (TPSA) is 95.9 Å². The summed E-state index contributed by atoms with van der Waals surface area (Å²) in [4.78, 5) is 14.9. The zero-order valence-electron chi connectivity index (χ0n) is 24.8. The number of hydrogen-bond donors (Lipinski definition) is 2. The van der Waals surface area contributed by atoms with Crippen LogP contribution in [0.4, 0.5) is 32.0 Å². The Morgan fingerprint density at radius 1 is 0.978 bits per heavy atom. The maximum absolute atomic E-state index is 13.6. The van der Waals surface area contributed by atoms with Crippen molar-refractivity contribution in [1.29, 1.82) is 0 Å². The van der Waals surface area contributed by atoms with Crippen molar-refractivity contribution in [1.82, 2.24) is 5.32 Å². The van der Waals surface area contributed by atoms with Gasteiger partial charge < -0.3 is 20.1 Å². The number of ether oxygens (including phenoxy) is 1. The van der Waals surface area contributed by atoms with Crippen LogP contribution in [0.3, 0.4) is 0 Å². The fourth-order valence-electron chi connectivity index (χ4n) is 5.34. The fraction of sp³-hybridized carbons (Fsp3) is 0.406. The van der Waals surface area contributed by atoms with Crippen LogP contribution >= 0.6 is 0 Å². The van der Waals surface area contributed by atoms with E-state index in [1.807, 2.05) is 0 Å². The summed E-state index contributed by atoms with van der Waals surface area (Å²) in [6.07, 6.45) is -7.67. The van der Waals surface area contributed by atoms with E-state index >= 15 is 0 Å². The molecule has 0 saturated carbocycles. The lowest BCUT2D eigenvalue weighted by Crippen LogP contribution is -2.46. The second-order valence-electron chi connectivity index (χ2n) is 11.0. The number of hydrogen-bond acceptors (Lipinski definition) is 6. The Hall–Kier alpha value is -3.62. The van der Waals surface area contributed by atoms with Crippen LogP contribution in [0.15, 0.2) is 77.7 Å². The van der Waals surface area contributed by atoms with Gasteiger partial charge in [0.05, 0.1) is 41.5 Å². The van der Waals surface area contributed by atoms with Crippen molar-refractivity contribution < 1.29 is 49.4 Å². The largest absolute Gasteiger partial charge is 0.416 e. The summed E-state index contributed by atoms with van der Waals surface area (Å²) in [7, 11) is -3.43. The number of piperidine rings is 1. The van der Waals surface area contributed by atoms with E-state index < -0.39 is 65.6 Å². The van der Waals surface area contributed by atoms with Crippen LogP contribution in [0, 0.1) is 0 Å². The van der Waals surface area contributed by atoms with E-state index in [9.17, 15) is 44.7 Å². The number of amides is 1. The molecule has 14 heteroatoms. The first-order valence-electron chi connectivity index (χ1n) is 14.5. The van der Waals surface area contributed by atoms with Gasteiger partial charge in [-0.15, -0.1) is 0 Å². The molecule has 1 saturated heterocycles. The van der Waals surface area contributed by atoms with E-state index in [2.05, 4.69) is 10.1 Å². The number of nitrogens with zero attached hydrogens (tertiary/aromatic N) is 1. The van der Waals surface area contributed by atoms with Gasteiger partial charge in [0.1, 0.15) is 0 Å². The molecule has 1 amide bonds. The number of nitrogens with one attached hydrogen (secondary N) is 1. The number of alkyl halides is 6. The van der Waals surface area contributed by atoms with Gasteiger partial charge in [-0.1, -0.05) is 31.2 Å². The first-order valence-corrected chi connectivity index (χ1v) is 16.2. The van der Waals surface area contributed by atoms with E-state index in [4.69, 9.17) is 0 Å². The lowest BCUT2D eigenvalue weighted by molar-refractivity contribution is -0.248. The Morgan fingerprint density at radius 2 is 1.61 bits per heavy atom. The van der Waals surface area contributed by atoms with Crippen molar-refractivity contribution in [3.63, 3.8) is 0 Å². The molecule has 46 heavy (non-hydrogen) atoms. The molecule has 3 aromatic carbocycles. The predicted molar refractivity (Wildman–Crippen MR) is 159 cm³/mol. The van der Waals surface area contributed by atoms with Crippen molar-refractivity contribution in [2.75, 3.05) is 37.1 Å². The predicted octanol–water partition coefficient (Wildman–Crippen LogP) is 6.29. The molecular formula is C32H34F6N2O5S. The van der Waals surface area contributed by atoms with Crippen LogP contribution in [-0.2, 0) is 20.8 Å². The number of sulfone groups is 1. The number of aliphatic hydroxyl groups is 1. The second-order valence-corrected chi connectivity index (χ2v) is 13.3. The van der Waals surface area contributed by atoms with Crippen molar-refractivity contribution in [3.05, 3.63) is 95.1 Å². The summed E-state index contributed by atoms with van der Waals surface area (Å²) in [6.45, 7) is -1.20. The summed E-state index contributed by atoms with van der Waals surface area (Å²) >= 11 is 0. The Balaban J connectivity index is 1.51. The van der Waals surface area contributed by atoms with Crippen molar-refractivity contribution in [2.45, 2.75) is 54.9 Å². The minimum atomic E-state index is -4.49. The highest BCUT2D eigenvalue weighted by atomic mass is 32.2. The van der Waals surface area contributed by atoms with Gasteiger partial charge >= 0.3 is 12.3 Å². The molecule has 1 aliphatic rings. The van der Waals surface area contributed by atoms with Gasteiger partial charge in [-0.05, 0) is 72.5 Å². The van der Waals surface area contributed by atoms with E-state index in [0.717, 1.165) is 12.1 Å². The maximum Gasteiger partial charge on any atom is 0.416 e. The van der Waals surface area contributed by atoms with Crippen molar-refractivity contribution in [3.8, 4) is 0 Å². The molecule has 0 spiro atoms. The van der Waals surface area contributed by atoms with E-state index in [-0.39, 0.29) is 28.7 Å². The molecule has 250 valence electrons. The monoisotopic (exact) mass is 672 g/mol. The Labute approximate surface area is 263 Å². The average molecular weight is 673 g/mol. The Morgan fingerprint density at radius 3 is 2.15 bits per heavy atom. The SMILES string of the molecule is CCS(=O)(=O)c1ccc([C@H](CO)NC(=O)c2ccc(N3CC(c4ccc(C(F)(F)F)cc4)CC[C@H]3COC(F)(F)CF)cc2)cc1. The maximum atomic E-state index is 13.6. The van der Waals surface area contributed by atoms with Crippen LogP contribution in [0.1, 0.15) is 58.8 Å². The number of benzene rings is 3. The first-order chi connectivity index (χ1) is 21.7. The molecule has 7 nitrogen and oxygen atoms in total. The summed E-state index contributed by atoms with van der Waals surface area (Å²) in [5, 5.41) is 12.6. The minimum Gasteiger partial charge on any atom is -0.394 e. The first kappa shape index (κ1) is 35.2. The average Bonchev–Trinajstić information content (AvgIpc) is 3.06. The van der Waals surface area contributed by atoms with Gasteiger partial charge in [-0.25, -0.2) is 12.8 Å². The third kappa shape index (κ3) is 8.59. The van der Waals surface area contributed by atoms with Gasteiger partial charge in [0, 0.05) is 23.7 Å². The van der Waals surface area contributed by atoms with Crippen LogP contribution in [0.25, 0.3) is 0 Å². The number of aliphatic hydroxyl groups excluding tert-OH is 1. The third-order valence-corrected chi connectivity index (χ3v) is 9.78. The highest BCUT2D eigenvalue weighted by molar-refractivity contribution is 7.91. The standard InChI is InChI=1S/C32H34F6N2O5S/c1-2-46(43,44)28-15-8-22(9-16-28)29(18-41)39-30(42)23-5-12-26(13-6-23)40-17-24(7-14-27(40)19-45-31(34,35)20-33)21-3-10-25(11-4-21)32(36,37)38/h3-6,8-13,15-16,24,27,29,41H,2,7,14,17-20H2,1H3,(H,39,42)/t24?,27-,29-/m0/s1. The van der Waals surface area contributed by atoms with Crippen LogP contribution in [-0.4, -0.2) is 63.8 Å². The molecular weight excluding hydrogens is 638 g/mol. The molecule has 0 bridgehead atoms. The van der Waals surface area contributed by atoms with Gasteiger partial charge in [-0.2, -0.15) is 22.0 Å². The molecule has 0 aliphatic carbocycles. The van der Waals surface area contributed by atoms with E-state index in [1.54, 1.807) is 17.0 Å². The highest BCUT2D eigenvalue weighted by Gasteiger charge is 2.36. The normalized spacial score (nSPS) is 18.3. The van der Waals surface area contributed by atoms with Crippen LogP contribution in [0.5, 0.6) is 0 Å². The molecule has 0 aromatic heterocycles. The van der Waals surface area contributed by atoms with Crippen molar-refractivity contribution in [2.24, 2.45) is 0 Å². The van der Waals surface area contributed by atoms with Crippen LogP contribution < -0.4 is 10.2 Å². The summed E-state index contributed by atoms with van der Waals surface area (Å²) in [6, 6.07) is 15.3. The van der Waals surface area contributed by atoms with Crippen LogP contribution in [0.2, 0.25) is 0 Å². The lowest BCUT2D eigenvalue weighted by atomic mass is 9.86. The molecule has 2 N–H and O–H groups in total. The summed E-state index contributed by atoms with van der Waals surface area (Å²) in [5.74, 6) is -0.861. The quantitative estimate of drug-likeness (QED) is 0.220. The van der Waals surface area contributed by atoms with Gasteiger partial charge in [0.2, 0.25) is 0 Å². The van der Waals surface area contributed by atoms with E-state index in [0.29, 0.717) is 29.7 Å². The molecule has 1 fully saturated rings. The summed E-state index contributed by atoms with van der Waals surface area (Å²) < 4.78 is 108. The van der Waals surface area contributed by atoms with Gasteiger partial charge in [0.25, 0.3) is 5.91 Å². The van der Waals surface area contributed by atoms with Gasteiger partial charge in [-0.3, -0.25) is 4.79 Å². The molecule has 1 unspecified atom stereocenters. The van der Waals surface area contributed by atoms with E-state index in [1.165, 1.54) is 55.5 Å². The minimum absolute atomic E-state index is 0.0759. The molecule has 1 aliphatic heterocycles. The zero-order valence-corrected chi connectivity index (χ0v) is 25.6. The molecule has 3 aromatic rings. The fourth-order valence-corrected chi connectivity index (χ4v) is 6.23. The number of carbonyl (C=O) groups excluding carboxylic acids is 1. The molecule has 3 atom stereocenters. The number of anilines is 1. The number of carbonyl (C=O) groups is 1. The third-order valence-electron chi connectivity index (χ3n) is 8.03.